The Morgan fingerprint density at radius 3 is 2.74 bits per heavy atom. The molecule has 0 spiro atoms. The van der Waals surface area contributed by atoms with E-state index in [4.69, 9.17) is 9.84 Å². The molecule has 19 heavy (non-hydrogen) atoms. The lowest BCUT2D eigenvalue weighted by molar-refractivity contribution is -0.130. The number of benzene rings is 1. The smallest absolute Gasteiger partial charge is 0.222 e. The quantitative estimate of drug-likeness (QED) is 0.820. The number of ether oxygens (including phenoxy) is 1. The van der Waals surface area contributed by atoms with Gasteiger partial charge in [0, 0.05) is 26.6 Å². The highest BCUT2D eigenvalue weighted by Crippen LogP contribution is 2.21. The Kier molecular flexibility index (Phi) is 6.36. The van der Waals surface area contributed by atoms with Gasteiger partial charge in [-0.15, -0.1) is 0 Å². The van der Waals surface area contributed by atoms with Gasteiger partial charge in [0.25, 0.3) is 0 Å². The summed E-state index contributed by atoms with van der Waals surface area (Å²) in [4.78, 5) is 13.5. The van der Waals surface area contributed by atoms with Crippen LogP contribution in [0.25, 0.3) is 0 Å². The van der Waals surface area contributed by atoms with Crippen molar-refractivity contribution in [1.29, 1.82) is 0 Å². The number of aliphatic hydroxyl groups excluding tert-OH is 1. The molecule has 0 aromatic heterocycles. The van der Waals surface area contributed by atoms with Crippen LogP contribution in [-0.2, 0) is 17.8 Å². The molecule has 0 radical (unpaired) electrons. The highest BCUT2D eigenvalue weighted by molar-refractivity contribution is 5.75. The predicted octanol–water partition coefficient (Wildman–Crippen LogP) is 1.99. The number of hydrogen-bond donors (Lipinski definition) is 1. The van der Waals surface area contributed by atoms with Crippen LogP contribution in [0.1, 0.15) is 30.9 Å². The lowest BCUT2D eigenvalue weighted by Gasteiger charge is -2.18. The summed E-state index contributed by atoms with van der Waals surface area (Å²) >= 11 is 0. The second-order valence-electron chi connectivity index (χ2n) is 4.58. The zero-order valence-electron chi connectivity index (χ0n) is 12.0. The molecule has 0 heterocycles. The van der Waals surface area contributed by atoms with Crippen molar-refractivity contribution in [2.45, 2.75) is 32.7 Å². The van der Waals surface area contributed by atoms with Gasteiger partial charge in [-0.25, -0.2) is 0 Å². The minimum atomic E-state index is 0.0576. The second-order valence-corrected chi connectivity index (χ2v) is 4.58. The monoisotopic (exact) mass is 265 g/mol. The van der Waals surface area contributed by atoms with E-state index in [1.165, 1.54) is 0 Å². The molecule has 1 aromatic rings. The van der Waals surface area contributed by atoms with Gasteiger partial charge in [0.05, 0.1) is 7.11 Å². The summed E-state index contributed by atoms with van der Waals surface area (Å²) in [5.41, 5.74) is 2.24. The summed E-state index contributed by atoms with van der Waals surface area (Å²) in [6.45, 7) is 2.72. The van der Waals surface area contributed by atoms with E-state index in [9.17, 15) is 4.79 Å². The maximum Gasteiger partial charge on any atom is 0.222 e. The number of aliphatic hydroxyl groups is 1. The number of amides is 1. The van der Waals surface area contributed by atoms with Crippen molar-refractivity contribution in [2.24, 2.45) is 0 Å². The van der Waals surface area contributed by atoms with Crippen molar-refractivity contribution in [3.05, 3.63) is 29.3 Å². The van der Waals surface area contributed by atoms with E-state index < -0.39 is 0 Å². The standard InChI is InChI=1S/C15H23NO3/c1-4-13-10-12(7-8-14(13)19-3)11-16(2)15(18)6-5-9-17/h7-8,10,17H,4-6,9,11H2,1-3H3. The summed E-state index contributed by atoms with van der Waals surface area (Å²) in [6.07, 6.45) is 1.81. The number of methoxy groups -OCH3 is 1. The minimum absolute atomic E-state index is 0.0576. The molecule has 0 aliphatic heterocycles. The van der Waals surface area contributed by atoms with Crippen LogP contribution in [0, 0.1) is 0 Å². The van der Waals surface area contributed by atoms with Crippen LogP contribution in [0.4, 0.5) is 0 Å². The molecule has 0 unspecified atom stereocenters. The van der Waals surface area contributed by atoms with Gasteiger partial charge in [-0.05, 0) is 30.0 Å². The van der Waals surface area contributed by atoms with E-state index in [0.29, 0.717) is 19.4 Å². The number of nitrogens with zero attached hydrogens (tertiary/aromatic N) is 1. The molecule has 0 aliphatic rings. The van der Waals surface area contributed by atoms with Crippen LogP contribution in [0.5, 0.6) is 5.75 Å². The predicted molar refractivity (Wildman–Crippen MR) is 75.2 cm³/mol. The topological polar surface area (TPSA) is 49.8 Å². The first-order chi connectivity index (χ1) is 9.12. The fourth-order valence-electron chi connectivity index (χ4n) is 1.99. The summed E-state index contributed by atoms with van der Waals surface area (Å²) < 4.78 is 5.29. The van der Waals surface area contributed by atoms with Crippen molar-refractivity contribution in [3.63, 3.8) is 0 Å². The zero-order valence-corrected chi connectivity index (χ0v) is 12.0. The molecule has 0 aliphatic carbocycles. The Hall–Kier alpha value is -1.55. The Bertz CT molecular complexity index is 418. The average molecular weight is 265 g/mol. The van der Waals surface area contributed by atoms with Gasteiger partial charge in [0.15, 0.2) is 0 Å². The van der Waals surface area contributed by atoms with Crippen LogP contribution in [0.15, 0.2) is 18.2 Å². The Labute approximate surface area is 115 Å². The molecule has 4 nitrogen and oxygen atoms in total. The van der Waals surface area contributed by atoms with E-state index in [1.807, 2.05) is 12.1 Å². The lowest BCUT2D eigenvalue weighted by atomic mass is 10.1. The van der Waals surface area contributed by atoms with Crippen LogP contribution in [-0.4, -0.2) is 36.7 Å². The third kappa shape index (κ3) is 4.56. The largest absolute Gasteiger partial charge is 0.496 e. The molecule has 106 valence electrons. The molecule has 1 aromatic carbocycles. The number of hydrogen-bond acceptors (Lipinski definition) is 3. The normalized spacial score (nSPS) is 10.3. The SMILES string of the molecule is CCc1cc(CN(C)C(=O)CCCO)ccc1OC. The minimum Gasteiger partial charge on any atom is -0.496 e. The van der Waals surface area contributed by atoms with E-state index >= 15 is 0 Å². The number of aryl methyl sites for hydroxylation is 1. The van der Waals surface area contributed by atoms with Gasteiger partial charge in [-0.3, -0.25) is 4.79 Å². The van der Waals surface area contributed by atoms with Gasteiger partial charge < -0.3 is 14.7 Å². The molecule has 1 N–H and O–H groups in total. The molecular weight excluding hydrogens is 242 g/mol. The highest BCUT2D eigenvalue weighted by Gasteiger charge is 2.10. The van der Waals surface area contributed by atoms with Crippen molar-refractivity contribution in [2.75, 3.05) is 20.8 Å². The fraction of sp³-hybridized carbons (Fsp3) is 0.533. The number of rotatable bonds is 7. The maximum absolute atomic E-state index is 11.8. The number of carbonyl (C=O) groups is 1. The van der Waals surface area contributed by atoms with E-state index in [-0.39, 0.29) is 12.5 Å². The van der Waals surface area contributed by atoms with Gasteiger partial charge in [0.2, 0.25) is 5.91 Å². The average Bonchev–Trinajstić information content (AvgIpc) is 2.44. The van der Waals surface area contributed by atoms with Crippen LogP contribution >= 0.6 is 0 Å². The molecule has 1 amide bonds. The van der Waals surface area contributed by atoms with Gasteiger partial charge in [0.1, 0.15) is 5.75 Å². The molecule has 1 rings (SSSR count). The van der Waals surface area contributed by atoms with E-state index in [1.54, 1.807) is 19.1 Å². The van der Waals surface area contributed by atoms with Crippen LogP contribution < -0.4 is 4.74 Å². The third-order valence-electron chi connectivity index (χ3n) is 3.12. The van der Waals surface area contributed by atoms with Crippen LogP contribution in [0.3, 0.4) is 0 Å². The summed E-state index contributed by atoms with van der Waals surface area (Å²) in [7, 11) is 3.45. The van der Waals surface area contributed by atoms with Crippen molar-refractivity contribution in [1.82, 2.24) is 4.90 Å². The maximum atomic E-state index is 11.8. The third-order valence-corrected chi connectivity index (χ3v) is 3.12. The lowest BCUT2D eigenvalue weighted by Crippen LogP contribution is -2.26. The molecule has 0 atom stereocenters. The Morgan fingerprint density at radius 1 is 1.42 bits per heavy atom. The molecule has 4 heteroatoms. The second kappa shape index (κ2) is 7.79. The highest BCUT2D eigenvalue weighted by atomic mass is 16.5. The fourth-order valence-corrected chi connectivity index (χ4v) is 1.99. The first kappa shape index (κ1) is 15.5. The molecule has 0 saturated heterocycles. The first-order valence-corrected chi connectivity index (χ1v) is 6.63. The van der Waals surface area contributed by atoms with Crippen molar-refractivity contribution >= 4 is 5.91 Å². The first-order valence-electron chi connectivity index (χ1n) is 6.63. The van der Waals surface area contributed by atoms with Crippen molar-refractivity contribution in [3.8, 4) is 5.75 Å². The van der Waals surface area contributed by atoms with Crippen molar-refractivity contribution < 1.29 is 14.6 Å². The molecule has 0 saturated carbocycles. The summed E-state index contributed by atoms with van der Waals surface area (Å²) in [5.74, 6) is 0.948. The van der Waals surface area contributed by atoms with E-state index in [2.05, 4.69) is 13.0 Å². The molecule has 0 fully saturated rings. The summed E-state index contributed by atoms with van der Waals surface area (Å²) in [5, 5.41) is 8.73. The van der Waals surface area contributed by atoms with Crippen LogP contribution in [0.2, 0.25) is 0 Å². The van der Waals surface area contributed by atoms with Gasteiger partial charge in [-0.1, -0.05) is 19.1 Å². The Morgan fingerprint density at radius 2 is 2.16 bits per heavy atom. The zero-order chi connectivity index (χ0) is 14.3. The molecule has 0 bridgehead atoms. The van der Waals surface area contributed by atoms with Gasteiger partial charge >= 0.3 is 0 Å². The number of carbonyl (C=O) groups excluding carboxylic acids is 1. The van der Waals surface area contributed by atoms with Gasteiger partial charge in [-0.2, -0.15) is 0 Å². The summed E-state index contributed by atoms with van der Waals surface area (Å²) in [6, 6.07) is 6.00. The Balaban J connectivity index is 2.68. The van der Waals surface area contributed by atoms with E-state index in [0.717, 1.165) is 23.3 Å². The molecular formula is C15H23NO3.